The lowest BCUT2D eigenvalue weighted by molar-refractivity contribution is -0.128. The fourth-order valence-electron chi connectivity index (χ4n) is 3.15. The van der Waals surface area contributed by atoms with E-state index in [1.54, 1.807) is 7.11 Å². The van der Waals surface area contributed by atoms with Crippen molar-refractivity contribution in [2.45, 2.75) is 6.42 Å². The van der Waals surface area contributed by atoms with Gasteiger partial charge in [-0.15, -0.1) is 0 Å². The lowest BCUT2D eigenvalue weighted by atomic mass is 9.86. The van der Waals surface area contributed by atoms with E-state index in [0.29, 0.717) is 11.8 Å². The Labute approximate surface area is 125 Å². The Morgan fingerprint density at radius 1 is 1.24 bits per heavy atom. The summed E-state index contributed by atoms with van der Waals surface area (Å²) in [7, 11) is 1.63. The molecule has 1 amide bonds. The predicted octanol–water partition coefficient (Wildman–Crippen LogP) is 1.11. The molecule has 1 N–H and O–H groups in total. The number of piperidine rings is 2. The maximum absolute atomic E-state index is 12.2. The monoisotopic (exact) mass is 284 g/mol. The molecule has 2 heterocycles. The molecule has 2 saturated heterocycles. The minimum atomic E-state index is -0.0533. The molecule has 4 nitrogen and oxygen atoms in total. The standard InChI is InChI=1S/C17H20N2O2/c1-21-16-5-2-13(3-6-16)4-7-17(20)19-11-14-8-15(12-19)10-18-9-14/h2-3,5-6,14-15,18H,8-12H2,1H3/t14-,15+. The van der Waals surface area contributed by atoms with Crippen LogP contribution < -0.4 is 10.1 Å². The van der Waals surface area contributed by atoms with Gasteiger partial charge in [-0.3, -0.25) is 4.79 Å². The number of amides is 1. The SMILES string of the molecule is COc1ccc(C#CC(=O)N2C[C@@H]3CNC[C@@H](C3)C2)cc1. The van der Waals surface area contributed by atoms with E-state index in [2.05, 4.69) is 17.2 Å². The van der Waals surface area contributed by atoms with Crippen molar-refractivity contribution in [3.05, 3.63) is 29.8 Å². The molecule has 1 aromatic carbocycles. The van der Waals surface area contributed by atoms with Gasteiger partial charge in [0.05, 0.1) is 7.11 Å². The van der Waals surface area contributed by atoms with E-state index >= 15 is 0 Å². The molecule has 2 aliphatic rings. The molecule has 2 atom stereocenters. The Morgan fingerprint density at radius 3 is 2.52 bits per heavy atom. The van der Waals surface area contributed by atoms with Crippen molar-refractivity contribution in [2.24, 2.45) is 11.8 Å². The Morgan fingerprint density at radius 2 is 1.90 bits per heavy atom. The number of ether oxygens (including phenoxy) is 1. The predicted molar refractivity (Wildman–Crippen MR) is 80.9 cm³/mol. The third kappa shape index (κ3) is 3.37. The Kier molecular flexibility index (Phi) is 4.12. The third-order valence-electron chi connectivity index (χ3n) is 4.18. The second-order valence-corrected chi connectivity index (χ2v) is 5.81. The average Bonchev–Trinajstić information content (AvgIpc) is 2.52. The van der Waals surface area contributed by atoms with Crippen LogP contribution in [0.2, 0.25) is 0 Å². The van der Waals surface area contributed by atoms with Gasteiger partial charge < -0.3 is 15.0 Å². The molecule has 4 heteroatoms. The van der Waals surface area contributed by atoms with Gasteiger partial charge in [0.1, 0.15) is 5.75 Å². The molecule has 2 fully saturated rings. The first kappa shape index (κ1) is 14.0. The van der Waals surface area contributed by atoms with Gasteiger partial charge in [-0.05, 0) is 55.6 Å². The van der Waals surface area contributed by atoms with Gasteiger partial charge in [0.25, 0.3) is 5.91 Å². The highest BCUT2D eigenvalue weighted by molar-refractivity contribution is 5.94. The van der Waals surface area contributed by atoms with Crippen LogP contribution in [0.25, 0.3) is 0 Å². The molecule has 0 spiro atoms. The maximum Gasteiger partial charge on any atom is 0.298 e. The quantitative estimate of drug-likeness (QED) is 0.786. The number of fused-ring (bicyclic) bond motifs is 2. The average molecular weight is 284 g/mol. The topological polar surface area (TPSA) is 41.6 Å². The van der Waals surface area contributed by atoms with Crippen LogP contribution in [0.5, 0.6) is 5.75 Å². The van der Waals surface area contributed by atoms with Crippen molar-refractivity contribution in [2.75, 3.05) is 33.3 Å². The molecule has 0 aromatic heterocycles. The fraction of sp³-hybridized carbons (Fsp3) is 0.471. The second kappa shape index (κ2) is 6.19. The van der Waals surface area contributed by atoms with E-state index in [1.807, 2.05) is 29.2 Å². The summed E-state index contributed by atoms with van der Waals surface area (Å²) in [4.78, 5) is 14.1. The number of hydrogen-bond acceptors (Lipinski definition) is 3. The normalized spacial score (nSPS) is 24.0. The number of carbonyl (C=O) groups excluding carboxylic acids is 1. The summed E-state index contributed by atoms with van der Waals surface area (Å²) < 4.78 is 5.10. The van der Waals surface area contributed by atoms with Crippen LogP contribution in [-0.4, -0.2) is 44.1 Å². The first-order chi connectivity index (χ1) is 10.2. The molecule has 0 aliphatic carbocycles. The van der Waals surface area contributed by atoms with Crippen LogP contribution in [0.15, 0.2) is 24.3 Å². The summed E-state index contributed by atoms with van der Waals surface area (Å²) in [5.41, 5.74) is 0.836. The zero-order valence-electron chi connectivity index (χ0n) is 12.3. The van der Waals surface area contributed by atoms with Gasteiger partial charge in [-0.1, -0.05) is 5.92 Å². The maximum atomic E-state index is 12.2. The first-order valence-electron chi connectivity index (χ1n) is 7.40. The van der Waals surface area contributed by atoms with Gasteiger partial charge in [0, 0.05) is 24.6 Å². The van der Waals surface area contributed by atoms with Crippen LogP contribution in [0.1, 0.15) is 12.0 Å². The zero-order valence-corrected chi connectivity index (χ0v) is 12.3. The summed E-state index contributed by atoms with van der Waals surface area (Å²) in [6.07, 6.45) is 1.24. The van der Waals surface area contributed by atoms with Gasteiger partial charge in [-0.2, -0.15) is 0 Å². The summed E-state index contributed by atoms with van der Waals surface area (Å²) in [6.45, 7) is 3.71. The van der Waals surface area contributed by atoms with Crippen molar-refractivity contribution in [3.8, 4) is 17.6 Å². The second-order valence-electron chi connectivity index (χ2n) is 5.81. The number of likely N-dealkylation sites (tertiary alicyclic amines) is 1. The van der Waals surface area contributed by atoms with Gasteiger partial charge in [0.15, 0.2) is 0 Å². The molecular weight excluding hydrogens is 264 g/mol. The van der Waals surface area contributed by atoms with Crippen molar-refractivity contribution >= 4 is 5.91 Å². The highest BCUT2D eigenvalue weighted by atomic mass is 16.5. The van der Waals surface area contributed by atoms with Crippen LogP contribution in [0.3, 0.4) is 0 Å². The van der Waals surface area contributed by atoms with E-state index in [1.165, 1.54) is 6.42 Å². The molecule has 3 rings (SSSR count). The smallest absolute Gasteiger partial charge is 0.298 e. The van der Waals surface area contributed by atoms with E-state index < -0.39 is 0 Å². The Hall–Kier alpha value is -1.99. The molecule has 1 aromatic rings. The first-order valence-corrected chi connectivity index (χ1v) is 7.40. The number of rotatable bonds is 1. The molecule has 110 valence electrons. The summed E-state index contributed by atoms with van der Waals surface area (Å²) in [6, 6.07) is 7.44. The van der Waals surface area contributed by atoms with Crippen LogP contribution >= 0.6 is 0 Å². The number of carbonyl (C=O) groups is 1. The number of nitrogens with zero attached hydrogens (tertiary/aromatic N) is 1. The van der Waals surface area contributed by atoms with Crippen LogP contribution in [0.4, 0.5) is 0 Å². The van der Waals surface area contributed by atoms with Gasteiger partial charge >= 0.3 is 0 Å². The summed E-state index contributed by atoms with van der Waals surface area (Å²) in [5.74, 6) is 7.63. The van der Waals surface area contributed by atoms with Crippen molar-refractivity contribution in [1.29, 1.82) is 0 Å². The van der Waals surface area contributed by atoms with E-state index in [4.69, 9.17) is 4.74 Å². The highest BCUT2D eigenvalue weighted by Gasteiger charge is 2.31. The lowest BCUT2D eigenvalue weighted by Gasteiger charge is -2.40. The molecule has 0 saturated carbocycles. The molecule has 21 heavy (non-hydrogen) atoms. The third-order valence-corrected chi connectivity index (χ3v) is 4.18. The van der Waals surface area contributed by atoms with E-state index in [9.17, 15) is 4.79 Å². The fourth-order valence-corrected chi connectivity index (χ4v) is 3.15. The summed E-state index contributed by atoms with van der Waals surface area (Å²) in [5, 5.41) is 3.43. The zero-order chi connectivity index (χ0) is 14.7. The van der Waals surface area contributed by atoms with Gasteiger partial charge in [-0.25, -0.2) is 0 Å². The van der Waals surface area contributed by atoms with E-state index in [-0.39, 0.29) is 5.91 Å². The van der Waals surface area contributed by atoms with Crippen molar-refractivity contribution < 1.29 is 9.53 Å². The molecular formula is C17H20N2O2. The minimum Gasteiger partial charge on any atom is -0.497 e. The lowest BCUT2D eigenvalue weighted by Crippen LogP contribution is -2.52. The van der Waals surface area contributed by atoms with E-state index in [0.717, 1.165) is 37.5 Å². The summed E-state index contributed by atoms with van der Waals surface area (Å²) >= 11 is 0. The number of benzene rings is 1. The number of nitrogens with one attached hydrogen (secondary N) is 1. The molecule has 0 unspecified atom stereocenters. The Balaban J connectivity index is 1.64. The number of hydrogen-bond donors (Lipinski definition) is 1. The van der Waals surface area contributed by atoms with Crippen LogP contribution in [0, 0.1) is 23.7 Å². The molecule has 0 radical (unpaired) electrons. The highest BCUT2D eigenvalue weighted by Crippen LogP contribution is 2.24. The largest absolute Gasteiger partial charge is 0.497 e. The van der Waals surface area contributed by atoms with Gasteiger partial charge in [0.2, 0.25) is 0 Å². The van der Waals surface area contributed by atoms with Crippen molar-refractivity contribution in [1.82, 2.24) is 10.2 Å². The number of methoxy groups -OCH3 is 1. The molecule has 2 bridgehead atoms. The van der Waals surface area contributed by atoms with Crippen molar-refractivity contribution in [3.63, 3.8) is 0 Å². The Bertz CT molecular complexity index is 559. The molecule has 2 aliphatic heterocycles. The van der Waals surface area contributed by atoms with Crippen LogP contribution in [-0.2, 0) is 4.79 Å². The minimum absolute atomic E-state index is 0.0533.